The summed E-state index contributed by atoms with van der Waals surface area (Å²) in [4.78, 5) is 0. The molecule has 0 bridgehead atoms. The second kappa shape index (κ2) is 18.6. The Labute approximate surface area is 172 Å². The fraction of sp³-hybridized carbons (Fsp3) is 0.905. The van der Waals surface area contributed by atoms with Crippen molar-refractivity contribution in [3.05, 3.63) is 12.2 Å². The molecule has 0 aromatic rings. The maximum atomic E-state index is 11.1. The summed E-state index contributed by atoms with van der Waals surface area (Å²) in [6.07, 6.45) is 19.5. The van der Waals surface area contributed by atoms with Gasteiger partial charge in [-0.05, 0) is 32.1 Å². The molecule has 0 radical (unpaired) electrons. The second-order valence-electron chi connectivity index (χ2n) is 7.44. The summed E-state index contributed by atoms with van der Waals surface area (Å²) in [6, 6.07) is 0. The Morgan fingerprint density at radius 2 is 1.29 bits per heavy atom. The highest BCUT2D eigenvalue weighted by Gasteiger charge is 2.31. The van der Waals surface area contributed by atoms with Crippen LogP contribution in [0.3, 0.4) is 0 Å². The van der Waals surface area contributed by atoms with Gasteiger partial charge in [0, 0.05) is 6.61 Å². The number of rotatable bonds is 20. The molecule has 0 aliphatic heterocycles. The molecule has 0 aromatic carbocycles. The second-order valence-corrected chi connectivity index (χ2v) is 8.94. The smallest absolute Gasteiger partial charge is 0.295 e. The van der Waals surface area contributed by atoms with Crippen molar-refractivity contribution < 1.29 is 27.9 Å². The standard InChI is InChI=1S/C21H42O6S/c1-2-3-4-5-6-7-8-9-10-11-12-13-14-15-16-17-18-27-21(20(23)19-22)28(24,25)26/h9-10,20-23H,2-8,11-19H2,1H3,(H,24,25,26). The number of hydrogen-bond acceptors (Lipinski definition) is 5. The van der Waals surface area contributed by atoms with E-state index in [1.54, 1.807) is 0 Å². The molecule has 0 spiro atoms. The van der Waals surface area contributed by atoms with Crippen molar-refractivity contribution in [2.45, 2.75) is 108 Å². The predicted octanol–water partition coefficient (Wildman–Crippen LogP) is 4.61. The lowest BCUT2D eigenvalue weighted by Crippen LogP contribution is -2.38. The Bertz CT molecular complexity index is 464. The third-order valence-electron chi connectivity index (χ3n) is 4.73. The van der Waals surface area contributed by atoms with Crippen LogP contribution >= 0.6 is 0 Å². The lowest BCUT2D eigenvalue weighted by molar-refractivity contribution is -0.0218. The van der Waals surface area contributed by atoms with Gasteiger partial charge in [-0.15, -0.1) is 0 Å². The third kappa shape index (κ3) is 16.5. The summed E-state index contributed by atoms with van der Waals surface area (Å²) in [5.74, 6) is 0. The fourth-order valence-electron chi connectivity index (χ4n) is 3.03. The highest BCUT2D eigenvalue weighted by atomic mass is 32.2. The summed E-state index contributed by atoms with van der Waals surface area (Å²) >= 11 is 0. The normalized spacial score (nSPS) is 14.6. The summed E-state index contributed by atoms with van der Waals surface area (Å²) in [5.41, 5.74) is -1.78. The average molecular weight is 423 g/mol. The van der Waals surface area contributed by atoms with E-state index in [1.807, 2.05) is 0 Å². The Morgan fingerprint density at radius 1 is 0.821 bits per heavy atom. The zero-order valence-electron chi connectivity index (χ0n) is 17.6. The van der Waals surface area contributed by atoms with Crippen LogP contribution in [0.4, 0.5) is 0 Å². The molecule has 2 unspecified atom stereocenters. The molecule has 3 N–H and O–H groups in total. The number of aliphatic hydroxyl groups excluding tert-OH is 2. The molecular formula is C21H42O6S. The first-order chi connectivity index (χ1) is 13.4. The number of ether oxygens (including phenoxy) is 1. The molecule has 0 aliphatic rings. The summed E-state index contributed by atoms with van der Waals surface area (Å²) in [5, 5.41) is 18.2. The number of hydrogen-bond donors (Lipinski definition) is 3. The van der Waals surface area contributed by atoms with Crippen molar-refractivity contribution in [1.29, 1.82) is 0 Å². The van der Waals surface area contributed by atoms with Gasteiger partial charge in [0.25, 0.3) is 10.1 Å². The van der Waals surface area contributed by atoms with E-state index in [0.29, 0.717) is 6.42 Å². The zero-order valence-corrected chi connectivity index (χ0v) is 18.4. The van der Waals surface area contributed by atoms with E-state index in [2.05, 4.69) is 19.1 Å². The van der Waals surface area contributed by atoms with Gasteiger partial charge in [0.2, 0.25) is 5.44 Å². The highest BCUT2D eigenvalue weighted by molar-refractivity contribution is 7.86. The van der Waals surface area contributed by atoms with Crippen molar-refractivity contribution in [1.82, 2.24) is 0 Å². The molecule has 0 aliphatic carbocycles. The van der Waals surface area contributed by atoms with Gasteiger partial charge in [0.1, 0.15) is 6.10 Å². The topological polar surface area (TPSA) is 104 Å². The van der Waals surface area contributed by atoms with Gasteiger partial charge in [-0.3, -0.25) is 4.55 Å². The largest absolute Gasteiger partial charge is 0.394 e. The summed E-state index contributed by atoms with van der Waals surface area (Å²) in [7, 11) is -4.54. The van der Waals surface area contributed by atoms with Crippen LogP contribution in [0, 0.1) is 0 Å². The Morgan fingerprint density at radius 3 is 1.75 bits per heavy atom. The monoisotopic (exact) mass is 422 g/mol. The van der Waals surface area contributed by atoms with Crippen LogP contribution in [-0.4, -0.2) is 47.9 Å². The molecule has 6 nitrogen and oxygen atoms in total. The third-order valence-corrected chi connectivity index (χ3v) is 5.77. The van der Waals surface area contributed by atoms with Gasteiger partial charge in [-0.25, -0.2) is 0 Å². The van der Waals surface area contributed by atoms with E-state index in [0.717, 1.165) is 25.7 Å². The SMILES string of the molecule is CCCCCCCCC=CCCCCCCCCOC(C(O)CO)S(=O)(=O)O. The van der Waals surface area contributed by atoms with Crippen molar-refractivity contribution >= 4 is 10.1 Å². The quantitative estimate of drug-likeness (QED) is 0.150. The van der Waals surface area contributed by atoms with Crippen LogP contribution in [0.25, 0.3) is 0 Å². The Balaban J connectivity index is 3.47. The minimum absolute atomic E-state index is 0.128. The van der Waals surface area contributed by atoms with E-state index < -0.39 is 28.3 Å². The molecule has 0 fully saturated rings. The first-order valence-corrected chi connectivity index (χ1v) is 12.5. The Hall–Kier alpha value is -0.470. The van der Waals surface area contributed by atoms with Crippen molar-refractivity contribution in [3.63, 3.8) is 0 Å². The van der Waals surface area contributed by atoms with Crippen LogP contribution in [-0.2, 0) is 14.9 Å². The zero-order chi connectivity index (χ0) is 21.1. The lowest BCUT2D eigenvalue weighted by atomic mass is 10.1. The highest BCUT2D eigenvalue weighted by Crippen LogP contribution is 2.12. The van der Waals surface area contributed by atoms with Crippen LogP contribution in [0.5, 0.6) is 0 Å². The minimum atomic E-state index is -4.54. The number of allylic oxidation sites excluding steroid dienone is 2. The molecular weight excluding hydrogens is 380 g/mol. The first kappa shape index (κ1) is 27.5. The molecule has 0 saturated carbocycles. The number of unbranched alkanes of at least 4 members (excludes halogenated alkanes) is 12. The average Bonchev–Trinajstić information content (AvgIpc) is 2.65. The molecule has 0 amide bonds. The molecule has 168 valence electrons. The summed E-state index contributed by atoms with van der Waals surface area (Å²) in [6.45, 7) is 1.59. The Kier molecular flexibility index (Phi) is 18.2. The van der Waals surface area contributed by atoms with Gasteiger partial charge in [0.05, 0.1) is 6.61 Å². The van der Waals surface area contributed by atoms with Gasteiger partial charge in [-0.2, -0.15) is 8.42 Å². The van der Waals surface area contributed by atoms with E-state index in [9.17, 15) is 13.5 Å². The predicted molar refractivity (Wildman–Crippen MR) is 114 cm³/mol. The molecule has 0 saturated heterocycles. The molecule has 7 heteroatoms. The molecule has 0 aromatic heterocycles. The van der Waals surface area contributed by atoms with Crippen LogP contribution < -0.4 is 0 Å². The van der Waals surface area contributed by atoms with Crippen molar-refractivity contribution in [3.8, 4) is 0 Å². The van der Waals surface area contributed by atoms with Crippen molar-refractivity contribution in [2.24, 2.45) is 0 Å². The molecule has 2 atom stereocenters. The molecule has 0 heterocycles. The van der Waals surface area contributed by atoms with E-state index in [4.69, 9.17) is 14.4 Å². The molecule has 0 rings (SSSR count). The first-order valence-electron chi connectivity index (χ1n) is 10.9. The molecule has 28 heavy (non-hydrogen) atoms. The van der Waals surface area contributed by atoms with E-state index in [-0.39, 0.29) is 6.61 Å². The lowest BCUT2D eigenvalue weighted by Gasteiger charge is -2.18. The maximum absolute atomic E-state index is 11.1. The van der Waals surface area contributed by atoms with E-state index >= 15 is 0 Å². The van der Waals surface area contributed by atoms with Gasteiger partial charge >= 0.3 is 0 Å². The van der Waals surface area contributed by atoms with Gasteiger partial charge < -0.3 is 14.9 Å². The van der Waals surface area contributed by atoms with Crippen LogP contribution in [0.2, 0.25) is 0 Å². The van der Waals surface area contributed by atoms with E-state index in [1.165, 1.54) is 57.8 Å². The van der Waals surface area contributed by atoms with Gasteiger partial charge in [0.15, 0.2) is 0 Å². The minimum Gasteiger partial charge on any atom is -0.394 e. The fourth-order valence-corrected chi connectivity index (χ4v) is 3.78. The summed E-state index contributed by atoms with van der Waals surface area (Å²) < 4.78 is 36.2. The van der Waals surface area contributed by atoms with Crippen LogP contribution in [0.1, 0.15) is 96.8 Å². The van der Waals surface area contributed by atoms with Crippen molar-refractivity contribution in [2.75, 3.05) is 13.2 Å². The maximum Gasteiger partial charge on any atom is 0.295 e. The number of aliphatic hydroxyl groups is 2. The van der Waals surface area contributed by atoms with Crippen LogP contribution in [0.15, 0.2) is 12.2 Å². The van der Waals surface area contributed by atoms with Gasteiger partial charge in [-0.1, -0.05) is 76.9 Å².